The highest BCUT2D eigenvalue weighted by atomic mass is 16.5. The van der Waals surface area contributed by atoms with E-state index in [4.69, 9.17) is 9.47 Å². The lowest BCUT2D eigenvalue weighted by atomic mass is 10.2. The van der Waals surface area contributed by atoms with Gasteiger partial charge in [0.05, 0.1) is 13.2 Å². The molecule has 1 fully saturated rings. The zero-order chi connectivity index (χ0) is 15.8. The molecule has 0 spiro atoms. The number of carbonyl (C=O) groups is 1. The fourth-order valence-electron chi connectivity index (χ4n) is 2.58. The molecule has 1 atom stereocenters. The fraction of sp³-hybridized carbons (Fsp3) is 0.588. The van der Waals surface area contributed by atoms with Crippen molar-refractivity contribution in [2.75, 3.05) is 33.4 Å². The van der Waals surface area contributed by atoms with Gasteiger partial charge in [-0.15, -0.1) is 0 Å². The quantitative estimate of drug-likeness (QED) is 0.871. The minimum Gasteiger partial charge on any atom is -0.497 e. The highest BCUT2D eigenvalue weighted by Gasteiger charge is 2.15. The molecule has 5 heteroatoms. The summed E-state index contributed by atoms with van der Waals surface area (Å²) in [7, 11) is 1.64. The molecule has 1 N–H and O–H groups in total. The van der Waals surface area contributed by atoms with Crippen LogP contribution in [0.15, 0.2) is 24.3 Å². The van der Waals surface area contributed by atoms with Crippen molar-refractivity contribution in [3.63, 3.8) is 0 Å². The number of carbonyl (C=O) groups excluding carboxylic acids is 1. The van der Waals surface area contributed by atoms with Crippen molar-refractivity contribution in [2.45, 2.75) is 32.4 Å². The highest BCUT2D eigenvalue weighted by molar-refractivity contribution is 5.76. The van der Waals surface area contributed by atoms with Gasteiger partial charge in [0.1, 0.15) is 5.75 Å². The van der Waals surface area contributed by atoms with Crippen molar-refractivity contribution < 1.29 is 14.3 Å². The molecule has 1 aliphatic heterocycles. The second-order valence-corrected chi connectivity index (χ2v) is 5.71. The maximum atomic E-state index is 12.0. The van der Waals surface area contributed by atoms with Crippen molar-refractivity contribution >= 4 is 5.91 Å². The summed E-state index contributed by atoms with van der Waals surface area (Å²) in [6.07, 6.45) is 1.82. The van der Waals surface area contributed by atoms with E-state index in [1.165, 1.54) is 0 Å². The Morgan fingerprint density at radius 2 is 2.18 bits per heavy atom. The molecule has 0 radical (unpaired) electrons. The number of methoxy groups -OCH3 is 1. The number of amides is 1. The molecular formula is C17H26N2O3. The van der Waals surface area contributed by atoms with Crippen LogP contribution >= 0.6 is 0 Å². The van der Waals surface area contributed by atoms with Gasteiger partial charge in [-0.1, -0.05) is 12.1 Å². The molecule has 1 aromatic rings. The van der Waals surface area contributed by atoms with E-state index in [0.717, 1.165) is 44.0 Å². The number of nitrogens with one attached hydrogen (secondary N) is 1. The van der Waals surface area contributed by atoms with Crippen LogP contribution in [0.4, 0.5) is 0 Å². The lowest BCUT2D eigenvalue weighted by Gasteiger charge is -2.21. The van der Waals surface area contributed by atoms with Crippen molar-refractivity contribution in [3.8, 4) is 5.75 Å². The van der Waals surface area contributed by atoms with Gasteiger partial charge in [0, 0.05) is 39.2 Å². The smallest absolute Gasteiger partial charge is 0.221 e. The van der Waals surface area contributed by atoms with Crippen molar-refractivity contribution in [1.82, 2.24) is 10.2 Å². The molecule has 2 rings (SSSR count). The lowest BCUT2D eigenvalue weighted by Crippen LogP contribution is -2.34. The number of benzene rings is 1. The van der Waals surface area contributed by atoms with Gasteiger partial charge in [-0.25, -0.2) is 0 Å². The number of ether oxygens (including phenoxy) is 2. The predicted octanol–water partition coefficient (Wildman–Crippen LogP) is 1.81. The second kappa shape index (κ2) is 8.76. The summed E-state index contributed by atoms with van der Waals surface area (Å²) < 4.78 is 10.7. The summed E-state index contributed by atoms with van der Waals surface area (Å²) in [5.41, 5.74) is 1.07. The molecule has 1 aliphatic rings. The molecule has 1 unspecified atom stereocenters. The molecule has 1 aromatic carbocycles. The van der Waals surface area contributed by atoms with Gasteiger partial charge in [0.25, 0.3) is 0 Å². The molecule has 0 bridgehead atoms. The molecule has 5 nitrogen and oxygen atoms in total. The van der Waals surface area contributed by atoms with Crippen LogP contribution in [0, 0.1) is 0 Å². The minimum atomic E-state index is 0.0913. The van der Waals surface area contributed by atoms with Crippen LogP contribution in [0.5, 0.6) is 5.75 Å². The maximum absolute atomic E-state index is 12.0. The third-order valence-electron chi connectivity index (χ3n) is 3.84. The van der Waals surface area contributed by atoms with Crippen LogP contribution in [-0.2, 0) is 16.1 Å². The van der Waals surface area contributed by atoms with Gasteiger partial charge in [0.15, 0.2) is 0 Å². The van der Waals surface area contributed by atoms with E-state index in [1.807, 2.05) is 24.3 Å². The maximum Gasteiger partial charge on any atom is 0.221 e. The average Bonchev–Trinajstić information content (AvgIpc) is 2.75. The van der Waals surface area contributed by atoms with Gasteiger partial charge in [-0.2, -0.15) is 0 Å². The van der Waals surface area contributed by atoms with Crippen LogP contribution in [-0.4, -0.2) is 50.3 Å². The van der Waals surface area contributed by atoms with Crippen LogP contribution in [0.3, 0.4) is 0 Å². The summed E-state index contributed by atoms with van der Waals surface area (Å²) in [6, 6.07) is 7.74. The van der Waals surface area contributed by atoms with Gasteiger partial charge in [-0.3, -0.25) is 4.79 Å². The Kier molecular flexibility index (Phi) is 6.68. The second-order valence-electron chi connectivity index (χ2n) is 5.71. The predicted molar refractivity (Wildman–Crippen MR) is 85.9 cm³/mol. The first kappa shape index (κ1) is 16.8. The van der Waals surface area contributed by atoms with Gasteiger partial charge in [-0.05, 0) is 31.0 Å². The van der Waals surface area contributed by atoms with Gasteiger partial charge >= 0.3 is 0 Å². The van der Waals surface area contributed by atoms with Crippen molar-refractivity contribution in [2.24, 2.45) is 0 Å². The van der Waals surface area contributed by atoms with E-state index in [2.05, 4.69) is 17.1 Å². The van der Waals surface area contributed by atoms with Gasteiger partial charge in [0.2, 0.25) is 5.91 Å². The largest absolute Gasteiger partial charge is 0.497 e. The molecule has 1 heterocycles. The Bertz CT molecular complexity index is 461. The third-order valence-corrected chi connectivity index (χ3v) is 3.84. The number of nitrogens with zero attached hydrogens (tertiary/aromatic N) is 1. The number of hydrogen-bond donors (Lipinski definition) is 1. The third kappa shape index (κ3) is 5.66. The van der Waals surface area contributed by atoms with E-state index in [9.17, 15) is 4.79 Å². The number of rotatable bonds is 6. The van der Waals surface area contributed by atoms with Crippen LogP contribution in [0.1, 0.15) is 25.3 Å². The molecule has 0 saturated carbocycles. The van der Waals surface area contributed by atoms with E-state index >= 15 is 0 Å². The Morgan fingerprint density at radius 1 is 1.41 bits per heavy atom. The lowest BCUT2D eigenvalue weighted by molar-refractivity contribution is -0.121. The summed E-state index contributed by atoms with van der Waals surface area (Å²) in [6.45, 7) is 6.18. The fourth-order valence-corrected chi connectivity index (χ4v) is 2.58. The zero-order valence-corrected chi connectivity index (χ0v) is 13.5. The minimum absolute atomic E-state index is 0.0913. The summed E-state index contributed by atoms with van der Waals surface area (Å²) >= 11 is 0. The summed E-state index contributed by atoms with van der Waals surface area (Å²) in [4.78, 5) is 14.3. The Balaban J connectivity index is 1.68. The first-order valence-corrected chi connectivity index (χ1v) is 7.91. The monoisotopic (exact) mass is 306 g/mol. The SMILES string of the molecule is COc1ccc(CNC(=O)CCN2CCCOC(C)C2)cc1. The summed E-state index contributed by atoms with van der Waals surface area (Å²) in [5, 5.41) is 2.97. The first-order chi connectivity index (χ1) is 10.7. The van der Waals surface area contributed by atoms with Crippen LogP contribution in [0.25, 0.3) is 0 Å². The van der Waals surface area contributed by atoms with Gasteiger partial charge < -0.3 is 19.7 Å². The number of hydrogen-bond acceptors (Lipinski definition) is 4. The normalized spacial score (nSPS) is 19.5. The highest BCUT2D eigenvalue weighted by Crippen LogP contribution is 2.11. The first-order valence-electron chi connectivity index (χ1n) is 7.91. The Labute approximate surface area is 132 Å². The average molecular weight is 306 g/mol. The Morgan fingerprint density at radius 3 is 2.91 bits per heavy atom. The van der Waals surface area contributed by atoms with E-state index in [1.54, 1.807) is 7.11 Å². The molecule has 1 amide bonds. The van der Waals surface area contributed by atoms with E-state index in [-0.39, 0.29) is 12.0 Å². The Hall–Kier alpha value is -1.59. The van der Waals surface area contributed by atoms with Crippen LogP contribution < -0.4 is 10.1 Å². The van der Waals surface area contributed by atoms with Crippen molar-refractivity contribution in [1.29, 1.82) is 0 Å². The van der Waals surface area contributed by atoms with E-state index < -0.39 is 0 Å². The molecule has 1 saturated heterocycles. The standard InChI is InChI=1S/C17H26N2O3/c1-14-13-19(9-3-11-22-14)10-8-17(20)18-12-15-4-6-16(21-2)7-5-15/h4-7,14H,3,8-13H2,1-2H3,(H,18,20). The van der Waals surface area contributed by atoms with Crippen LogP contribution in [0.2, 0.25) is 0 Å². The zero-order valence-electron chi connectivity index (χ0n) is 13.5. The molecule has 122 valence electrons. The molecule has 0 aliphatic carbocycles. The molecular weight excluding hydrogens is 280 g/mol. The molecule has 0 aromatic heterocycles. The van der Waals surface area contributed by atoms with Crippen molar-refractivity contribution in [3.05, 3.63) is 29.8 Å². The molecule has 22 heavy (non-hydrogen) atoms. The topological polar surface area (TPSA) is 50.8 Å². The van der Waals surface area contributed by atoms with E-state index in [0.29, 0.717) is 13.0 Å². The summed E-state index contributed by atoms with van der Waals surface area (Å²) in [5.74, 6) is 0.918.